The molecule has 3 aromatic rings. The number of nitrogens with one attached hydrogen (secondary N) is 2. The minimum atomic E-state index is -0.0811. The van der Waals surface area contributed by atoms with Gasteiger partial charge < -0.3 is 15.1 Å². The number of furan rings is 1. The van der Waals surface area contributed by atoms with E-state index < -0.39 is 0 Å². The van der Waals surface area contributed by atoms with Crippen molar-refractivity contribution in [2.24, 2.45) is 5.92 Å². The van der Waals surface area contributed by atoms with Crippen LogP contribution >= 0.6 is 0 Å². The Morgan fingerprint density at radius 2 is 1.76 bits per heavy atom. The summed E-state index contributed by atoms with van der Waals surface area (Å²) < 4.78 is 5.83. The predicted octanol–water partition coefficient (Wildman–Crippen LogP) is 4.79. The van der Waals surface area contributed by atoms with Crippen molar-refractivity contribution in [3.05, 3.63) is 78.1 Å². The highest BCUT2D eigenvalue weighted by Crippen LogP contribution is 2.22. The van der Waals surface area contributed by atoms with Gasteiger partial charge in [0.15, 0.2) is 0 Å². The quantitative estimate of drug-likeness (QED) is 0.581. The van der Waals surface area contributed by atoms with Crippen LogP contribution in [0.15, 0.2) is 71.1 Å². The molecule has 2 amide bonds. The van der Waals surface area contributed by atoms with E-state index in [9.17, 15) is 9.59 Å². The highest BCUT2D eigenvalue weighted by atomic mass is 16.3. The SMILES string of the molecule is CC(C)C(=O)Nc1cccc(CNC(=O)CCc2ccc(-c3ccccc3)o2)c1. The minimum absolute atomic E-state index is 0.0282. The van der Waals surface area contributed by atoms with Crippen molar-refractivity contribution in [1.82, 2.24) is 5.32 Å². The van der Waals surface area contributed by atoms with Crippen LogP contribution in [0.1, 0.15) is 31.6 Å². The van der Waals surface area contributed by atoms with Crippen LogP contribution in [0.4, 0.5) is 5.69 Å². The maximum absolute atomic E-state index is 12.2. The first-order valence-electron chi connectivity index (χ1n) is 9.82. The van der Waals surface area contributed by atoms with E-state index >= 15 is 0 Å². The van der Waals surface area contributed by atoms with Gasteiger partial charge in [0.05, 0.1) is 0 Å². The molecule has 0 spiro atoms. The molecule has 29 heavy (non-hydrogen) atoms. The second kappa shape index (κ2) is 9.73. The van der Waals surface area contributed by atoms with Crippen LogP contribution in [0.5, 0.6) is 0 Å². The van der Waals surface area contributed by atoms with Gasteiger partial charge in [-0.15, -0.1) is 0 Å². The lowest BCUT2D eigenvalue weighted by Gasteiger charge is -2.10. The van der Waals surface area contributed by atoms with Crippen molar-refractivity contribution in [2.45, 2.75) is 33.2 Å². The van der Waals surface area contributed by atoms with Gasteiger partial charge in [0.2, 0.25) is 11.8 Å². The fourth-order valence-corrected chi connectivity index (χ4v) is 2.84. The standard InChI is InChI=1S/C24H26N2O3/c1-17(2)24(28)26-20-10-6-7-18(15-20)16-25-23(27)14-12-21-11-13-22(29-21)19-8-4-3-5-9-19/h3-11,13,15,17H,12,14,16H2,1-2H3,(H,25,27)(H,26,28). The Kier molecular flexibility index (Phi) is 6.85. The van der Waals surface area contributed by atoms with E-state index in [4.69, 9.17) is 4.42 Å². The van der Waals surface area contributed by atoms with Gasteiger partial charge >= 0.3 is 0 Å². The molecule has 0 saturated carbocycles. The van der Waals surface area contributed by atoms with E-state index in [2.05, 4.69) is 10.6 Å². The van der Waals surface area contributed by atoms with Gasteiger partial charge in [0, 0.05) is 36.6 Å². The van der Waals surface area contributed by atoms with Crippen molar-refractivity contribution in [1.29, 1.82) is 0 Å². The molecule has 5 nitrogen and oxygen atoms in total. The fraction of sp³-hybridized carbons (Fsp3) is 0.250. The summed E-state index contributed by atoms with van der Waals surface area (Å²) in [6.45, 7) is 4.11. The molecule has 2 N–H and O–H groups in total. The maximum Gasteiger partial charge on any atom is 0.226 e. The number of aryl methyl sites for hydroxylation is 1. The molecule has 1 aromatic heterocycles. The second-order valence-electron chi connectivity index (χ2n) is 7.25. The summed E-state index contributed by atoms with van der Waals surface area (Å²) in [5.41, 5.74) is 2.69. The Bertz CT molecular complexity index is 961. The fourth-order valence-electron chi connectivity index (χ4n) is 2.84. The van der Waals surface area contributed by atoms with Crippen LogP contribution in [0.2, 0.25) is 0 Å². The average Bonchev–Trinajstić information content (AvgIpc) is 3.21. The third kappa shape index (κ3) is 6.07. The van der Waals surface area contributed by atoms with Crippen LogP contribution in [0.3, 0.4) is 0 Å². The number of rotatable bonds is 8. The normalized spacial score (nSPS) is 10.7. The second-order valence-corrected chi connectivity index (χ2v) is 7.25. The first-order valence-corrected chi connectivity index (χ1v) is 9.82. The molecule has 0 aliphatic rings. The molecule has 2 aromatic carbocycles. The number of hydrogen-bond acceptors (Lipinski definition) is 3. The minimum Gasteiger partial charge on any atom is -0.461 e. The molecule has 0 aliphatic carbocycles. The van der Waals surface area contributed by atoms with Gasteiger partial charge in [-0.1, -0.05) is 56.3 Å². The molecule has 3 rings (SSSR count). The summed E-state index contributed by atoms with van der Waals surface area (Å²) >= 11 is 0. The third-order valence-electron chi connectivity index (χ3n) is 4.53. The van der Waals surface area contributed by atoms with Crippen molar-refractivity contribution in [3.8, 4) is 11.3 Å². The average molecular weight is 390 g/mol. The summed E-state index contributed by atoms with van der Waals surface area (Å²) in [4.78, 5) is 24.0. The predicted molar refractivity (Wildman–Crippen MR) is 114 cm³/mol. The zero-order valence-electron chi connectivity index (χ0n) is 16.8. The first-order chi connectivity index (χ1) is 14.0. The van der Waals surface area contributed by atoms with Crippen LogP contribution < -0.4 is 10.6 Å². The Morgan fingerprint density at radius 3 is 2.52 bits per heavy atom. The summed E-state index contributed by atoms with van der Waals surface area (Å²) in [7, 11) is 0. The van der Waals surface area contributed by atoms with Gasteiger partial charge in [-0.25, -0.2) is 0 Å². The summed E-state index contributed by atoms with van der Waals surface area (Å²) in [6, 6.07) is 21.2. The van der Waals surface area contributed by atoms with Crippen molar-refractivity contribution < 1.29 is 14.0 Å². The van der Waals surface area contributed by atoms with E-state index in [-0.39, 0.29) is 17.7 Å². The molecule has 1 heterocycles. The van der Waals surface area contributed by atoms with Crippen molar-refractivity contribution in [3.63, 3.8) is 0 Å². The number of benzene rings is 2. The van der Waals surface area contributed by atoms with Gasteiger partial charge in [-0.3, -0.25) is 9.59 Å². The molecular formula is C24H26N2O3. The largest absolute Gasteiger partial charge is 0.461 e. The Morgan fingerprint density at radius 1 is 0.966 bits per heavy atom. The number of hydrogen-bond donors (Lipinski definition) is 2. The number of anilines is 1. The first kappa shape index (κ1) is 20.4. The van der Waals surface area contributed by atoms with Gasteiger partial charge in [-0.2, -0.15) is 0 Å². The Labute approximate surface area is 171 Å². The molecule has 150 valence electrons. The highest BCUT2D eigenvalue weighted by molar-refractivity contribution is 5.92. The van der Waals surface area contributed by atoms with Crippen LogP contribution in [-0.2, 0) is 22.6 Å². The lowest BCUT2D eigenvalue weighted by molar-refractivity contribution is -0.121. The van der Waals surface area contributed by atoms with E-state index in [0.29, 0.717) is 19.4 Å². The lowest BCUT2D eigenvalue weighted by Crippen LogP contribution is -2.23. The van der Waals surface area contributed by atoms with E-state index in [1.165, 1.54) is 0 Å². The maximum atomic E-state index is 12.2. The molecule has 0 radical (unpaired) electrons. The topological polar surface area (TPSA) is 71.3 Å². The van der Waals surface area contributed by atoms with Crippen molar-refractivity contribution >= 4 is 17.5 Å². The van der Waals surface area contributed by atoms with Gasteiger partial charge in [0.25, 0.3) is 0 Å². The van der Waals surface area contributed by atoms with Crippen LogP contribution in [-0.4, -0.2) is 11.8 Å². The third-order valence-corrected chi connectivity index (χ3v) is 4.53. The number of amides is 2. The van der Waals surface area contributed by atoms with Crippen molar-refractivity contribution in [2.75, 3.05) is 5.32 Å². The molecular weight excluding hydrogens is 364 g/mol. The molecule has 0 unspecified atom stereocenters. The van der Waals surface area contributed by atoms with Crippen LogP contribution in [0, 0.1) is 5.92 Å². The molecule has 0 atom stereocenters. The summed E-state index contributed by atoms with van der Waals surface area (Å²) in [5.74, 6) is 1.44. The van der Waals surface area contributed by atoms with Crippen LogP contribution in [0.25, 0.3) is 11.3 Å². The molecule has 0 saturated heterocycles. The zero-order valence-corrected chi connectivity index (χ0v) is 16.8. The number of carbonyl (C=O) groups is 2. The molecule has 5 heteroatoms. The Hall–Kier alpha value is -3.34. The zero-order chi connectivity index (χ0) is 20.6. The monoisotopic (exact) mass is 390 g/mol. The number of carbonyl (C=O) groups excluding carboxylic acids is 2. The highest BCUT2D eigenvalue weighted by Gasteiger charge is 2.09. The van der Waals surface area contributed by atoms with E-state index in [0.717, 1.165) is 28.3 Å². The molecule has 0 fully saturated rings. The summed E-state index contributed by atoms with van der Waals surface area (Å²) in [5, 5.41) is 5.79. The Balaban J connectivity index is 1.47. The summed E-state index contributed by atoms with van der Waals surface area (Å²) in [6.07, 6.45) is 0.897. The molecule has 0 aliphatic heterocycles. The van der Waals surface area contributed by atoms with Gasteiger partial charge in [-0.05, 0) is 29.8 Å². The smallest absolute Gasteiger partial charge is 0.226 e. The van der Waals surface area contributed by atoms with E-state index in [1.807, 2.05) is 80.6 Å². The molecule has 0 bridgehead atoms. The van der Waals surface area contributed by atoms with Gasteiger partial charge in [0.1, 0.15) is 11.5 Å². The lowest BCUT2D eigenvalue weighted by atomic mass is 10.1. The van der Waals surface area contributed by atoms with E-state index in [1.54, 1.807) is 0 Å².